The van der Waals surface area contributed by atoms with Gasteiger partial charge in [-0.05, 0) is 31.4 Å². The van der Waals surface area contributed by atoms with Gasteiger partial charge in [-0.3, -0.25) is 4.79 Å². The Hall–Kier alpha value is -4.49. The molecule has 0 radical (unpaired) electrons. The average Bonchev–Trinajstić information content (AvgIpc) is 3.66. The molecule has 1 aromatic carbocycles. The van der Waals surface area contributed by atoms with Gasteiger partial charge in [0.2, 0.25) is 0 Å². The number of alkyl carbamates (subject to hydrolysis) is 1. The topological polar surface area (TPSA) is 120 Å². The summed E-state index contributed by atoms with van der Waals surface area (Å²) in [6, 6.07) is 4.44. The predicted octanol–water partition coefficient (Wildman–Crippen LogP) is 5.90. The van der Waals surface area contributed by atoms with E-state index in [2.05, 4.69) is 20.7 Å². The number of fused-ring (bicyclic) bond motifs is 1. The molecule has 2 N–H and O–H groups in total. The molecule has 45 heavy (non-hydrogen) atoms. The zero-order valence-corrected chi connectivity index (χ0v) is 25.4. The lowest BCUT2D eigenvalue weighted by molar-refractivity contribution is 0.0566. The number of carbonyl (C=O) groups is 2. The van der Waals surface area contributed by atoms with Crippen LogP contribution in [0.4, 0.5) is 23.8 Å². The number of halogens is 3. The molecular formula is C31H37F3N6O5. The first kappa shape index (κ1) is 31.9. The van der Waals surface area contributed by atoms with E-state index in [1.165, 1.54) is 25.3 Å². The van der Waals surface area contributed by atoms with Crippen molar-refractivity contribution in [2.24, 2.45) is 0 Å². The zero-order chi connectivity index (χ0) is 32.1. The van der Waals surface area contributed by atoms with Crippen molar-refractivity contribution in [3.8, 4) is 22.8 Å². The van der Waals surface area contributed by atoms with Gasteiger partial charge in [-0.15, -0.1) is 0 Å². The molecule has 1 fully saturated rings. The van der Waals surface area contributed by atoms with Crippen LogP contribution in [-0.2, 0) is 17.8 Å². The number of hydrogen-bond acceptors (Lipinski definition) is 8. The van der Waals surface area contributed by atoms with Gasteiger partial charge in [-0.25, -0.2) is 18.9 Å². The van der Waals surface area contributed by atoms with Gasteiger partial charge in [0, 0.05) is 41.5 Å². The summed E-state index contributed by atoms with van der Waals surface area (Å²) < 4.78 is 59.6. The van der Waals surface area contributed by atoms with Crippen LogP contribution >= 0.6 is 0 Å². The minimum Gasteiger partial charge on any atom is -0.497 e. The number of methoxy groups -OCH3 is 2. The number of alkyl halides is 2. The van der Waals surface area contributed by atoms with Gasteiger partial charge in [0.1, 0.15) is 11.5 Å². The van der Waals surface area contributed by atoms with Crippen molar-refractivity contribution in [3.63, 3.8) is 0 Å². The number of unbranched alkanes of at least 4 members (excludes halogenated alkanes) is 1. The number of nitrogens with one attached hydrogen (secondary N) is 2. The highest BCUT2D eigenvalue weighted by atomic mass is 19.3. The first-order valence-electron chi connectivity index (χ1n) is 15.0. The van der Waals surface area contributed by atoms with Crippen molar-refractivity contribution < 1.29 is 37.0 Å². The highest BCUT2D eigenvalue weighted by molar-refractivity contribution is 6.04. The van der Waals surface area contributed by atoms with E-state index in [9.17, 15) is 18.4 Å². The second-order valence-corrected chi connectivity index (χ2v) is 11.1. The summed E-state index contributed by atoms with van der Waals surface area (Å²) in [5, 5.41) is 9.75. The summed E-state index contributed by atoms with van der Waals surface area (Å²) in [6.45, 7) is -0.607. The minimum atomic E-state index is -2.91. The first-order chi connectivity index (χ1) is 21.7. The molecule has 5 rings (SSSR count). The number of aromatic nitrogens is 3. The molecule has 242 valence electrons. The van der Waals surface area contributed by atoms with Gasteiger partial charge < -0.3 is 29.7 Å². The smallest absolute Gasteiger partial charge is 0.407 e. The third-order valence-electron chi connectivity index (χ3n) is 8.14. The monoisotopic (exact) mass is 630 g/mol. The highest BCUT2D eigenvalue weighted by Gasteiger charge is 2.37. The number of anilines is 1. The fourth-order valence-corrected chi connectivity index (χ4v) is 5.75. The summed E-state index contributed by atoms with van der Waals surface area (Å²) >= 11 is 0. The third kappa shape index (κ3) is 6.94. The number of pyridine rings is 1. The van der Waals surface area contributed by atoms with Gasteiger partial charge in [0.25, 0.3) is 5.91 Å². The summed E-state index contributed by atoms with van der Waals surface area (Å²) in [5.74, 6) is -0.305. The van der Waals surface area contributed by atoms with Crippen molar-refractivity contribution in [3.05, 3.63) is 53.1 Å². The van der Waals surface area contributed by atoms with Crippen LogP contribution in [0.3, 0.4) is 0 Å². The van der Waals surface area contributed by atoms with Crippen LogP contribution in [0.25, 0.3) is 11.3 Å². The molecule has 0 spiro atoms. The molecule has 0 saturated heterocycles. The summed E-state index contributed by atoms with van der Waals surface area (Å²) in [7, 11) is 3.02. The van der Waals surface area contributed by atoms with E-state index in [4.69, 9.17) is 14.2 Å². The molecule has 11 nitrogen and oxygen atoms in total. The molecule has 1 aliphatic heterocycles. The molecule has 1 aliphatic carbocycles. The van der Waals surface area contributed by atoms with E-state index in [0.29, 0.717) is 41.2 Å². The normalized spacial score (nSPS) is 17.8. The number of ether oxygens (including phenoxy) is 3. The van der Waals surface area contributed by atoms with Gasteiger partial charge in [-0.1, -0.05) is 26.2 Å². The standard InChI is InChI=1S/C31H37F3N6O5/c1-4-5-12-45-31(42)37-23-9-7-6-8-22(23)36-28-26(32)21-17-39(15-18-10-11-20(43-2)13-24(18)44-3)29(41)25(21)27(38-28)19-14-35-40(16-19)30(33)34/h10-11,13-14,16,22-23,30H,4-9,12,15,17H2,1-3H3,(H,36,38)(H,37,42)/t22-,23+/m1/s1. The SMILES string of the molecule is CCCCOC(=O)N[C@H]1CCCC[C@H]1Nc1nc(-c2cnn(C(F)F)c2)c2c(c1F)CN(Cc1ccc(OC)cc1OC)C2=O. The van der Waals surface area contributed by atoms with Crippen LogP contribution in [0, 0.1) is 5.82 Å². The minimum absolute atomic E-state index is 0.0165. The maximum absolute atomic E-state index is 16.3. The molecule has 2 aliphatic rings. The van der Waals surface area contributed by atoms with E-state index in [1.807, 2.05) is 6.92 Å². The molecular weight excluding hydrogens is 593 g/mol. The van der Waals surface area contributed by atoms with Crippen LogP contribution in [0.5, 0.6) is 11.5 Å². The molecule has 1 saturated carbocycles. The van der Waals surface area contributed by atoms with Crippen LogP contribution in [-0.4, -0.2) is 64.6 Å². The highest BCUT2D eigenvalue weighted by Crippen LogP contribution is 2.38. The largest absolute Gasteiger partial charge is 0.497 e. The van der Waals surface area contributed by atoms with Gasteiger partial charge in [0.15, 0.2) is 11.6 Å². The maximum Gasteiger partial charge on any atom is 0.407 e. The van der Waals surface area contributed by atoms with Crippen molar-refractivity contribution >= 4 is 17.8 Å². The molecule has 3 aromatic rings. The second kappa shape index (κ2) is 14.1. The molecule has 0 unspecified atom stereocenters. The second-order valence-electron chi connectivity index (χ2n) is 11.1. The van der Waals surface area contributed by atoms with Crippen molar-refractivity contribution in [2.75, 3.05) is 26.1 Å². The van der Waals surface area contributed by atoms with Gasteiger partial charge in [0.05, 0.1) is 50.9 Å². The molecule has 0 bridgehead atoms. The molecule has 2 aromatic heterocycles. The van der Waals surface area contributed by atoms with Gasteiger partial charge >= 0.3 is 12.6 Å². The summed E-state index contributed by atoms with van der Waals surface area (Å²) in [5.41, 5.74) is 0.917. The van der Waals surface area contributed by atoms with E-state index < -0.39 is 24.4 Å². The van der Waals surface area contributed by atoms with Crippen LogP contribution in [0.1, 0.15) is 73.5 Å². The molecule has 14 heteroatoms. The zero-order valence-electron chi connectivity index (χ0n) is 25.4. The number of carbonyl (C=O) groups excluding carboxylic acids is 2. The fraction of sp³-hybridized carbons (Fsp3) is 0.484. The van der Waals surface area contributed by atoms with E-state index in [-0.39, 0.29) is 53.4 Å². The lowest BCUT2D eigenvalue weighted by atomic mass is 9.90. The predicted molar refractivity (Wildman–Crippen MR) is 159 cm³/mol. The lowest BCUT2D eigenvalue weighted by Crippen LogP contribution is -2.49. The lowest BCUT2D eigenvalue weighted by Gasteiger charge is -2.33. The Bertz CT molecular complexity index is 1530. The first-order valence-corrected chi connectivity index (χ1v) is 15.0. The number of amides is 2. The van der Waals surface area contributed by atoms with E-state index >= 15 is 4.39 Å². The number of hydrogen-bond donors (Lipinski definition) is 2. The van der Waals surface area contributed by atoms with Crippen molar-refractivity contribution in [2.45, 2.75) is 77.2 Å². The molecule has 2 atom stereocenters. The van der Waals surface area contributed by atoms with Crippen LogP contribution < -0.4 is 20.1 Å². The average molecular weight is 631 g/mol. The van der Waals surface area contributed by atoms with E-state index in [0.717, 1.165) is 31.9 Å². The van der Waals surface area contributed by atoms with E-state index in [1.54, 1.807) is 18.2 Å². The Morgan fingerprint density at radius 2 is 1.93 bits per heavy atom. The van der Waals surface area contributed by atoms with Crippen molar-refractivity contribution in [1.82, 2.24) is 25.0 Å². The Balaban J connectivity index is 1.47. The van der Waals surface area contributed by atoms with Crippen LogP contribution in [0.2, 0.25) is 0 Å². The van der Waals surface area contributed by atoms with Crippen LogP contribution in [0.15, 0.2) is 30.6 Å². The number of rotatable bonds is 12. The Labute approximate surface area is 259 Å². The molecule has 3 heterocycles. The fourth-order valence-electron chi connectivity index (χ4n) is 5.75. The summed E-state index contributed by atoms with van der Waals surface area (Å²) in [6.07, 6.45) is 6.33. The third-order valence-corrected chi connectivity index (χ3v) is 8.14. The van der Waals surface area contributed by atoms with Gasteiger partial charge in [-0.2, -0.15) is 13.9 Å². The Morgan fingerprint density at radius 1 is 1.16 bits per heavy atom. The maximum atomic E-state index is 16.3. The molecule has 2 amide bonds. The number of nitrogens with zero attached hydrogens (tertiary/aromatic N) is 4. The Kier molecular flexibility index (Phi) is 9.99. The van der Waals surface area contributed by atoms with Crippen molar-refractivity contribution in [1.29, 1.82) is 0 Å². The Morgan fingerprint density at radius 3 is 2.62 bits per heavy atom. The number of benzene rings is 1. The summed E-state index contributed by atoms with van der Waals surface area (Å²) in [4.78, 5) is 32.1. The quantitative estimate of drug-likeness (QED) is 0.238.